The van der Waals surface area contributed by atoms with Gasteiger partial charge in [0, 0.05) is 46.8 Å². The summed E-state index contributed by atoms with van der Waals surface area (Å²) < 4.78 is 43.6. The summed E-state index contributed by atoms with van der Waals surface area (Å²) in [7, 11) is 1.64. The molecule has 0 amide bonds. The van der Waals surface area contributed by atoms with Crippen molar-refractivity contribution in [2.45, 2.75) is 39.0 Å². The van der Waals surface area contributed by atoms with Gasteiger partial charge in [-0.15, -0.1) is 0 Å². The van der Waals surface area contributed by atoms with Gasteiger partial charge in [-0.05, 0) is 12.1 Å². The smallest absolute Gasteiger partial charge is 0.433 e. The fraction of sp³-hybridized carbons (Fsp3) is 0.562. The number of anilines is 2. The molecule has 2 N–H and O–H groups in total. The van der Waals surface area contributed by atoms with Crippen molar-refractivity contribution in [3.63, 3.8) is 0 Å². The third-order valence-corrected chi connectivity index (χ3v) is 3.51. The van der Waals surface area contributed by atoms with Gasteiger partial charge in [-0.2, -0.15) is 13.2 Å². The number of rotatable bonds is 3. The van der Waals surface area contributed by atoms with Crippen molar-refractivity contribution in [2.75, 3.05) is 30.4 Å². The third-order valence-electron chi connectivity index (χ3n) is 3.51. The Balaban J connectivity index is 0.000000765. The SMILES string of the molecule is CC(=O)O.CNc1ccc(C(F)(F)F)nc1N1CCC(OC(C)=O)CC1. The van der Waals surface area contributed by atoms with Crippen molar-refractivity contribution in [2.24, 2.45) is 0 Å². The summed E-state index contributed by atoms with van der Waals surface area (Å²) in [6, 6.07) is 2.34. The summed E-state index contributed by atoms with van der Waals surface area (Å²) in [6.07, 6.45) is -3.52. The predicted molar refractivity (Wildman–Crippen MR) is 89.1 cm³/mol. The van der Waals surface area contributed by atoms with Gasteiger partial charge in [0.05, 0.1) is 5.69 Å². The van der Waals surface area contributed by atoms with E-state index in [9.17, 15) is 18.0 Å². The molecule has 0 atom stereocenters. The summed E-state index contributed by atoms with van der Waals surface area (Å²) in [5.41, 5.74) is -0.373. The minimum absolute atomic E-state index is 0.183. The van der Waals surface area contributed by atoms with E-state index in [1.54, 1.807) is 11.9 Å². The number of piperidine rings is 1. The summed E-state index contributed by atoms with van der Waals surface area (Å²) in [4.78, 5) is 25.5. The van der Waals surface area contributed by atoms with E-state index >= 15 is 0 Å². The van der Waals surface area contributed by atoms with E-state index in [-0.39, 0.29) is 17.9 Å². The van der Waals surface area contributed by atoms with E-state index in [0.29, 0.717) is 31.6 Å². The van der Waals surface area contributed by atoms with Crippen LogP contribution < -0.4 is 10.2 Å². The van der Waals surface area contributed by atoms with Gasteiger partial charge in [0.25, 0.3) is 5.97 Å². The maximum Gasteiger partial charge on any atom is 0.433 e. The number of carbonyl (C=O) groups is 2. The molecule has 10 heteroatoms. The van der Waals surface area contributed by atoms with Crippen molar-refractivity contribution in [3.05, 3.63) is 17.8 Å². The van der Waals surface area contributed by atoms with Crippen molar-refractivity contribution >= 4 is 23.4 Å². The van der Waals surface area contributed by atoms with Gasteiger partial charge in [-0.25, -0.2) is 4.98 Å². The molecule has 0 aliphatic carbocycles. The summed E-state index contributed by atoms with van der Waals surface area (Å²) in [6.45, 7) is 3.40. The van der Waals surface area contributed by atoms with Gasteiger partial charge in [-0.1, -0.05) is 0 Å². The van der Waals surface area contributed by atoms with E-state index in [0.717, 1.165) is 13.0 Å². The van der Waals surface area contributed by atoms with Crippen LogP contribution in [-0.2, 0) is 20.5 Å². The Morgan fingerprint density at radius 3 is 2.23 bits per heavy atom. The summed E-state index contributed by atoms with van der Waals surface area (Å²) in [5.74, 6) is -0.898. The Bertz CT molecular complexity index is 626. The minimum Gasteiger partial charge on any atom is -0.481 e. The van der Waals surface area contributed by atoms with Crippen LogP contribution in [-0.4, -0.2) is 48.3 Å². The predicted octanol–water partition coefficient (Wildman–Crippen LogP) is 2.76. The molecule has 0 aromatic carbocycles. The molecule has 0 saturated carbocycles. The van der Waals surface area contributed by atoms with Gasteiger partial charge < -0.3 is 20.1 Å². The molecule has 1 saturated heterocycles. The molecule has 7 nitrogen and oxygen atoms in total. The fourth-order valence-electron chi connectivity index (χ4n) is 2.46. The monoisotopic (exact) mass is 377 g/mol. The van der Waals surface area contributed by atoms with Crippen LogP contribution in [0, 0.1) is 0 Å². The Kier molecular flexibility index (Phi) is 7.66. The van der Waals surface area contributed by atoms with E-state index in [2.05, 4.69) is 10.3 Å². The van der Waals surface area contributed by atoms with Gasteiger partial charge in [-0.3, -0.25) is 9.59 Å². The first-order valence-corrected chi connectivity index (χ1v) is 7.92. The highest BCUT2D eigenvalue weighted by molar-refractivity contribution is 5.67. The third kappa shape index (κ3) is 6.77. The van der Waals surface area contributed by atoms with E-state index < -0.39 is 17.8 Å². The zero-order valence-corrected chi connectivity index (χ0v) is 14.8. The summed E-state index contributed by atoms with van der Waals surface area (Å²) >= 11 is 0. The number of alkyl halides is 3. The molecule has 146 valence electrons. The lowest BCUT2D eigenvalue weighted by molar-refractivity contribution is -0.147. The highest BCUT2D eigenvalue weighted by Crippen LogP contribution is 2.33. The highest BCUT2D eigenvalue weighted by atomic mass is 19.4. The van der Waals surface area contributed by atoms with Crippen LogP contribution in [0.5, 0.6) is 0 Å². The first kappa shape index (κ1) is 21.5. The molecule has 1 aromatic heterocycles. The maximum atomic E-state index is 12.8. The van der Waals surface area contributed by atoms with E-state index in [1.807, 2.05) is 0 Å². The lowest BCUT2D eigenvalue weighted by Crippen LogP contribution is -2.38. The number of nitrogens with zero attached hydrogens (tertiary/aromatic N) is 2. The molecule has 2 heterocycles. The Hall–Kier alpha value is -2.52. The number of hydrogen-bond acceptors (Lipinski definition) is 6. The first-order valence-electron chi connectivity index (χ1n) is 7.92. The number of esters is 1. The van der Waals surface area contributed by atoms with Gasteiger partial charge in [0.1, 0.15) is 11.8 Å². The van der Waals surface area contributed by atoms with Crippen molar-refractivity contribution in [3.8, 4) is 0 Å². The Morgan fingerprint density at radius 2 is 1.81 bits per heavy atom. The zero-order valence-electron chi connectivity index (χ0n) is 14.8. The fourth-order valence-corrected chi connectivity index (χ4v) is 2.46. The molecular formula is C16H22F3N3O4. The Morgan fingerprint density at radius 1 is 1.27 bits per heavy atom. The number of carboxylic acid groups (broad SMARTS) is 1. The largest absolute Gasteiger partial charge is 0.481 e. The van der Waals surface area contributed by atoms with E-state index in [1.165, 1.54) is 13.0 Å². The number of carbonyl (C=O) groups excluding carboxylic acids is 1. The number of nitrogens with one attached hydrogen (secondary N) is 1. The molecule has 0 bridgehead atoms. The number of halogens is 3. The van der Waals surface area contributed by atoms with Gasteiger partial charge >= 0.3 is 12.1 Å². The van der Waals surface area contributed by atoms with Crippen LogP contribution in [0.15, 0.2) is 12.1 Å². The molecule has 2 rings (SSSR count). The second kappa shape index (κ2) is 9.25. The molecular weight excluding hydrogens is 355 g/mol. The van der Waals surface area contributed by atoms with Gasteiger partial charge in [0.2, 0.25) is 0 Å². The molecule has 0 radical (unpaired) electrons. The molecule has 0 unspecified atom stereocenters. The number of ether oxygens (including phenoxy) is 1. The molecule has 26 heavy (non-hydrogen) atoms. The number of aliphatic carboxylic acids is 1. The number of pyridine rings is 1. The molecule has 1 fully saturated rings. The van der Waals surface area contributed by atoms with Crippen LogP contribution in [0.4, 0.5) is 24.7 Å². The lowest BCUT2D eigenvalue weighted by atomic mass is 10.1. The van der Waals surface area contributed by atoms with Crippen LogP contribution in [0.3, 0.4) is 0 Å². The van der Waals surface area contributed by atoms with Crippen LogP contribution >= 0.6 is 0 Å². The first-order chi connectivity index (χ1) is 12.0. The van der Waals surface area contributed by atoms with Crippen LogP contribution in [0.2, 0.25) is 0 Å². The standard InChI is InChI=1S/C14H18F3N3O2.C2H4O2/c1-9(21)22-10-5-7-20(8-6-10)13-11(18-2)3-4-12(19-13)14(15,16)17;1-2(3)4/h3-4,10,18H,5-8H2,1-2H3;1H3,(H,3,4). The molecule has 0 spiro atoms. The normalized spacial score (nSPS) is 14.9. The quantitative estimate of drug-likeness (QED) is 0.783. The summed E-state index contributed by atoms with van der Waals surface area (Å²) in [5, 5.41) is 10.3. The Labute approximate surface area is 149 Å². The molecule has 1 aliphatic heterocycles. The van der Waals surface area contributed by atoms with Gasteiger partial charge in [0.15, 0.2) is 5.82 Å². The number of carboxylic acids is 1. The number of aromatic nitrogens is 1. The van der Waals surface area contributed by atoms with E-state index in [4.69, 9.17) is 14.6 Å². The van der Waals surface area contributed by atoms with Crippen molar-refractivity contribution < 1.29 is 32.6 Å². The average molecular weight is 377 g/mol. The second-order valence-corrected chi connectivity index (χ2v) is 5.63. The molecule has 1 aliphatic rings. The average Bonchev–Trinajstić information content (AvgIpc) is 2.53. The van der Waals surface area contributed by atoms with Crippen molar-refractivity contribution in [1.29, 1.82) is 0 Å². The zero-order chi connectivity index (χ0) is 19.9. The second-order valence-electron chi connectivity index (χ2n) is 5.63. The lowest BCUT2D eigenvalue weighted by Gasteiger charge is -2.33. The van der Waals surface area contributed by atoms with Crippen molar-refractivity contribution in [1.82, 2.24) is 4.98 Å². The molecule has 1 aromatic rings. The maximum absolute atomic E-state index is 12.8. The van der Waals surface area contributed by atoms with Crippen LogP contribution in [0.1, 0.15) is 32.4 Å². The highest BCUT2D eigenvalue weighted by Gasteiger charge is 2.34. The minimum atomic E-state index is -4.48. The number of hydrogen-bond donors (Lipinski definition) is 2. The topological polar surface area (TPSA) is 91.8 Å². The van der Waals surface area contributed by atoms with Crippen LogP contribution in [0.25, 0.3) is 0 Å².